The van der Waals surface area contributed by atoms with Crippen molar-refractivity contribution in [2.24, 2.45) is 5.92 Å². The summed E-state index contributed by atoms with van der Waals surface area (Å²) in [5.74, 6) is -0.0903. The molecule has 2 amide bonds. The lowest BCUT2D eigenvalue weighted by Crippen LogP contribution is -2.47. The van der Waals surface area contributed by atoms with Crippen molar-refractivity contribution in [1.82, 2.24) is 15.6 Å². The minimum absolute atomic E-state index is 0.0369. The third kappa shape index (κ3) is 6.77. The Morgan fingerprint density at radius 2 is 2.12 bits per heavy atom. The highest BCUT2D eigenvalue weighted by Crippen LogP contribution is 2.23. The number of pyridine rings is 1. The van der Waals surface area contributed by atoms with Gasteiger partial charge in [-0.15, -0.1) is 0 Å². The van der Waals surface area contributed by atoms with Gasteiger partial charge in [0.1, 0.15) is 0 Å². The molecule has 1 aromatic rings. The number of carbonyl (C=O) groups is 1. The first-order valence-corrected chi connectivity index (χ1v) is 8.17. The zero-order valence-electron chi connectivity index (χ0n) is 13.7. The van der Waals surface area contributed by atoms with E-state index in [1.165, 1.54) is 12.3 Å². The number of aromatic nitrogens is 1. The molecule has 0 aromatic carbocycles. The molecular weight excluding hydrogens is 339 g/mol. The van der Waals surface area contributed by atoms with Crippen LogP contribution in [0.1, 0.15) is 31.2 Å². The number of hydrogen-bond acceptors (Lipinski definition) is 4. The maximum atomic E-state index is 12.1. The van der Waals surface area contributed by atoms with Crippen molar-refractivity contribution in [3.63, 3.8) is 0 Å². The van der Waals surface area contributed by atoms with Gasteiger partial charge in [0.05, 0.1) is 0 Å². The van der Waals surface area contributed by atoms with Crippen LogP contribution in [0.2, 0.25) is 0 Å². The fourth-order valence-electron chi connectivity index (χ4n) is 2.81. The van der Waals surface area contributed by atoms with Gasteiger partial charge in [-0.1, -0.05) is 12.8 Å². The summed E-state index contributed by atoms with van der Waals surface area (Å²) in [5.41, 5.74) is 0.574. The predicted molar refractivity (Wildman–Crippen MR) is 84.0 cm³/mol. The molecule has 0 radical (unpaired) electrons. The van der Waals surface area contributed by atoms with Crippen LogP contribution in [0, 0.1) is 5.92 Å². The van der Waals surface area contributed by atoms with Crippen LogP contribution in [-0.4, -0.2) is 41.6 Å². The third-order valence-electron chi connectivity index (χ3n) is 4.10. The quantitative estimate of drug-likeness (QED) is 0.726. The standard InChI is InChI=1S/C16H22F3N3O3/c17-16(18,19)10-25-14-7-11(5-6-20-14)8-21-15(24)22-13-4-2-1-3-12(13)9-23/h5-7,12-13,23H,1-4,8-10H2,(H2,21,22,24). The van der Waals surface area contributed by atoms with E-state index in [-0.39, 0.29) is 37.0 Å². The topological polar surface area (TPSA) is 83.5 Å². The van der Waals surface area contributed by atoms with E-state index < -0.39 is 12.8 Å². The van der Waals surface area contributed by atoms with Crippen molar-refractivity contribution in [2.45, 2.75) is 44.4 Å². The number of amides is 2. The lowest BCUT2D eigenvalue weighted by Gasteiger charge is -2.30. The van der Waals surface area contributed by atoms with Gasteiger partial charge >= 0.3 is 12.2 Å². The van der Waals surface area contributed by atoms with Crippen LogP contribution in [0.4, 0.5) is 18.0 Å². The van der Waals surface area contributed by atoms with Crippen LogP contribution in [0.25, 0.3) is 0 Å². The summed E-state index contributed by atoms with van der Waals surface area (Å²) in [6.45, 7) is -1.25. The van der Waals surface area contributed by atoms with Gasteiger partial charge in [0, 0.05) is 37.4 Å². The van der Waals surface area contributed by atoms with Crippen LogP contribution < -0.4 is 15.4 Å². The van der Waals surface area contributed by atoms with E-state index in [0.29, 0.717) is 5.56 Å². The van der Waals surface area contributed by atoms with Gasteiger partial charge in [-0.05, 0) is 24.5 Å². The number of nitrogens with zero attached hydrogens (tertiary/aromatic N) is 1. The first-order chi connectivity index (χ1) is 11.9. The number of rotatable bonds is 6. The summed E-state index contributed by atoms with van der Waals surface area (Å²) >= 11 is 0. The Morgan fingerprint density at radius 3 is 2.84 bits per heavy atom. The largest absolute Gasteiger partial charge is 0.468 e. The van der Waals surface area contributed by atoms with Gasteiger partial charge in [-0.25, -0.2) is 9.78 Å². The van der Waals surface area contributed by atoms with Crippen molar-refractivity contribution in [1.29, 1.82) is 0 Å². The van der Waals surface area contributed by atoms with E-state index >= 15 is 0 Å². The van der Waals surface area contributed by atoms with E-state index in [0.717, 1.165) is 25.7 Å². The van der Waals surface area contributed by atoms with Crippen molar-refractivity contribution < 1.29 is 27.8 Å². The molecule has 0 aliphatic heterocycles. The summed E-state index contributed by atoms with van der Waals surface area (Å²) in [6.07, 6.45) is 0.645. The minimum Gasteiger partial charge on any atom is -0.468 e. The Hall–Kier alpha value is -2.03. The van der Waals surface area contributed by atoms with Crippen LogP contribution >= 0.6 is 0 Å². The fourth-order valence-corrected chi connectivity index (χ4v) is 2.81. The second-order valence-electron chi connectivity index (χ2n) is 6.07. The highest BCUT2D eigenvalue weighted by atomic mass is 19.4. The Labute approximate surface area is 143 Å². The Kier molecular flexibility index (Phi) is 6.86. The molecule has 6 nitrogen and oxygen atoms in total. The number of ether oxygens (including phenoxy) is 1. The van der Waals surface area contributed by atoms with E-state index in [4.69, 9.17) is 0 Å². The Bertz CT molecular complexity index is 569. The van der Waals surface area contributed by atoms with Crippen molar-refractivity contribution in [2.75, 3.05) is 13.2 Å². The van der Waals surface area contributed by atoms with Gasteiger partial charge in [-0.3, -0.25) is 0 Å². The molecule has 1 aliphatic carbocycles. The molecule has 3 N–H and O–H groups in total. The normalized spacial score (nSPS) is 20.8. The van der Waals surface area contributed by atoms with Crippen LogP contribution in [0.5, 0.6) is 5.88 Å². The van der Waals surface area contributed by atoms with Crippen LogP contribution in [-0.2, 0) is 6.54 Å². The van der Waals surface area contributed by atoms with Gasteiger partial charge < -0.3 is 20.5 Å². The summed E-state index contributed by atoms with van der Waals surface area (Å²) in [6, 6.07) is 2.49. The number of urea groups is 1. The van der Waals surface area contributed by atoms with Gasteiger partial charge in [0.15, 0.2) is 6.61 Å². The fraction of sp³-hybridized carbons (Fsp3) is 0.625. The Balaban J connectivity index is 1.81. The molecule has 2 unspecified atom stereocenters. The molecule has 1 fully saturated rings. The molecule has 1 aliphatic rings. The number of aliphatic hydroxyl groups is 1. The monoisotopic (exact) mass is 361 g/mol. The molecule has 0 spiro atoms. The number of carbonyl (C=O) groups excluding carboxylic acids is 1. The molecule has 25 heavy (non-hydrogen) atoms. The third-order valence-corrected chi connectivity index (χ3v) is 4.10. The van der Waals surface area contributed by atoms with Crippen molar-refractivity contribution in [3.8, 4) is 5.88 Å². The zero-order valence-corrected chi connectivity index (χ0v) is 13.7. The lowest BCUT2D eigenvalue weighted by atomic mass is 9.85. The molecule has 2 rings (SSSR count). The van der Waals surface area contributed by atoms with Gasteiger partial charge in [0.25, 0.3) is 0 Å². The number of nitrogens with one attached hydrogen (secondary N) is 2. The van der Waals surface area contributed by atoms with Crippen molar-refractivity contribution in [3.05, 3.63) is 23.9 Å². The molecule has 1 heterocycles. The second-order valence-corrected chi connectivity index (χ2v) is 6.07. The van der Waals surface area contributed by atoms with E-state index in [1.54, 1.807) is 6.07 Å². The van der Waals surface area contributed by atoms with Crippen molar-refractivity contribution >= 4 is 6.03 Å². The average molecular weight is 361 g/mol. The van der Waals surface area contributed by atoms with E-state index in [2.05, 4.69) is 20.4 Å². The molecule has 1 aromatic heterocycles. The lowest BCUT2D eigenvalue weighted by molar-refractivity contribution is -0.154. The first kappa shape index (κ1) is 19.3. The molecule has 0 saturated heterocycles. The molecular formula is C16H22F3N3O3. The summed E-state index contributed by atoms with van der Waals surface area (Å²) in [4.78, 5) is 15.7. The maximum Gasteiger partial charge on any atom is 0.422 e. The highest BCUT2D eigenvalue weighted by Gasteiger charge is 2.28. The molecule has 140 valence electrons. The summed E-state index contributed by atoms with van der Waals surface area (Å²) in [5, 5.41) is 14.8. The number of halogens is 3. The predicted octanol–water partition coefficient (Wildman–Crippen LogP) is 2.37. The van der Waals surface area contributed by atoms with Crippen LogP contribution in [0.3, 0.4) is 0 Å². The number of hydrogen-bond donors (Lipinski definition) is 3. The molecule has 2 atom stereocenters. The molecule has 0 bridgehead atoms. The number of aliphatic hydroxyl groups excluding tert-OH is 1. The number of alkyl halides is 3. The SMILES string of the molecule is O=C(NCc1ccnc(OCC(F)(F)F)c1)NC1CCCCC1CO. The van der Waals surface area contributed by atoms with E-state index in [1.807, 2.05) is 0 Å². The molecule has 1 saturated carbocycles. The van der Waals surface area contributed by atoms with E-state index in [9.17, 15) is 23.1 Å². The summed E-state index contributed by atoms with van der Waals surface area (Å²) in [7, 11) is 0. The Morgan fingerprint density at radius 1 is 1.36 bits per heavy atom. The average Bonchev–Trinajstić information content (AvgIpc) is 2.58. The first-order valence-electron chi connectivity index (χ1n) is 8.17. The second kappa shape index (κ2) is 8.89. The molecule has 9 heteroatoms. The van der Waals surface area contributed by atoms with Gasteiger partial charge in [-0.2, -0.15) is 13.2 Å². The van der Waals surface area contributed by atoms with Gasteiger partial charge in [0.2, 0.25) is 5.88 Å². The smallest absolute Gasteiger partial charge is 0.422 e. The minimum atomic E-state index is -4.43. The maximum absolute atomic E-state index is 12.1. The summed E-state index contributed by atoms with van der Waals surface area (Å²) < 4.78 is 41.0. The van der Waals surface area contributed by atoms with Crippen LogP contribution in [0.15, 0.2) is 18.3 Å². The highest BCUT2D eigenvalue weighted by molar-refractivity contribution is 5.74. The zero-order chi connectivity index (χ0) is 18.3.